The highest BCUT2D eigenvalue weighted by atomic mass is 16.1. The molecule has 21 heavy (non-hydrogen) atoms. The molecule has 1 aromatic carbocycles. The number of anilines is 1. The van der Waals surface area contributed by atoms with Gasteiger partial charge in [0.2, 0.25) is 6.54 Å². The molecule has 2 aromatic rings. The number of aromatic nitrogens is 1. The van der Waals surface area contributed by atoms with Crippen molar-refractivity contribution < 1.29 is 9.36 Å². The minimum absolute atomic E-state index is 0.00788. The van der Waals surface area contributed by atoms with Gasteiger partial charge in [-0.15, -0.1) is 0 Å². The number of carbonyl (C=O) groups is 1. The van der Waals surface area contributed by atoms with Crippen LogP contribution in [0.5, 0.6) is 0 Å². The normalized spacial score (nSPS) is 10.4. The standard InChI is InChI=1S/C18H22N2O/c1-4-5-16-8-10-20(11-9-16)13-18(21)19-17-7-6-14(2)15(3)12-17/h6-12H,4-5,13H2,1-3H3/p+1. The second-order valence-electron chi connectivity index (χ2n) is 5.48. The van der Waals surface area contributed by atoms with Crippen LogP contribution in [0.15, 0.2) is 42.7 Å². The number of aryl methyl sites for hydroxylation is 3. The minimum atomic E-state index is -0.00788. The molecule has 0 unspecified atom stereocenters. The molecule has 2 rings (SSSR count). The zero-order chi connectivity index (χ0) is 15.2. The highest BCUT2D eigenvalue weighted by molar-refractivity contribution is 5.89. The fourth-order valence-corrected chi connectivity index (χ4v) is 2.23. The molecule has 1 heterocycles. The summed E-state index contributed by atoms with van der Waals surface area (Å²) in [5.74, 6) is -0.00788. The van der Waals surface area contributed by atoms with Crippen molar-refractivity contribution in [1.82, 2.24) is 0 Å². The Morgan fingerprint density at radius 1 is 1.10 bits per heavy atom. The molecule has 3 nitrogen and oxygen atoms in total. The number of carbonyl (C=O) groups excluding carboxylic acids is 1. The molecule has 0 bridgehead atoms. The third-order valence-corrected chi connectivity index (χ3v) is 3.62. The highest BCUT2D eigenvalue weighted by Crippen LogP contribution is 2.13. The first-order chi connectivity index (χ1) is 10.1. The van der Waals surface area contributed by atoms with E-state index in [1.54, 1.807) is 0 Å². The van der Waals surface area contributed by atoms with Crippen LogP contribution in [0.25, 0.3) is 0 Å². The van der Waals surface area contributed by atoms with Gasteiger partial charge in [-0.3, -0.25) is 4.79 Å². The molecule has 0 saturated heterocycles. The minimum Gasteiger partial charge on any atom is -0.321 e. The third-order valence-electron chi connectivity index (χ3n) is 3.62. The van der Waals surface area contributed by atoms with E-state index in [1.165, 1.54) is 16.7 Å². The van der Waals surface area contributed by atoms with Crippen LogP contribution in [0.2, 0.25) is 0 Å². The van der Waals surface area contributed by atoms with Crippen molar-refractivity contribution in [1.29, 1.82) is 0 Å². The van der Waals surface area contributed by atoms with Crippen molar-refractivity contribution >= 4 is 11.6 Å². The van der Waals surface area contributed by atoms with Gasteiger partial charge in [-0.25, -0.2) is 0 Å². The zero-order valence-electron chi connectivity index (χ0n) is 13.0. The van der Waals surface area contributed by atoms with Crippen LogP contribution < -0.4 is 9.88 Å². The largest absolute Gasteiger partial charge is 0.321 e. The maximum absolute atomic E-state index is 12.1. The number of hydrogen-bond acceptors (Lipinski definition) is 1. The summed E-state index contributed by atoms with van der Waals surface area (Å²) < 4.78 is 1.90. The summed E-state index contributed by atoms with van der Waals surface area (Å²) in [6.07, 6.45) is 6.14. The molecule has 1 N–H and O–H groups in total. The van der Waals surface area contributed by atoms with Crippen LogP contribution >= 0.6 is 0 Å². The van der Waals surface area contributed by atoms with Crippen LogP contribution in [0.3, 0.4) is 0 Å². The van der Waals surface area contributed by atoms with E-state index in [0.29, 0.717) is 6.54 Å². The Hall–Kier alpha value is -2.16. The summed E-state index contributed by atoms with van der Waals surface area (Å²) in [5, 5.41) is 2.94. The summed E-state index contributed by atoms with van der Waals surface area (Å²) in [6, 6.07) is 10.1. The fourth-order valence-electron chi connectivity index (χ4n) is 2.23. The third kappa shape index (κ3) is 4.42. The lowest BCUT2D eigenvalue weighted by atomic mass is 10.1. The highest BCUT2D eigenvalue weighted by Gasteiger charge is 2.09. The Labute approximate surface area is 126 Å². The lowest BCUT2D eigenvalue weighted by Gasteiger charge is -2.06. The quantitative estimate of drug-likeness (QED) is 0.840. The van der Waals surface area contributed by atoms with Gasteiger partial charge < -0.3 is 5.32 Å². The molecule has 3 heteroatoms. The predicted octanol–water partition coefficient (Wildman–Crippen LogP) is 3.18. The molecule has 0 spiro atoms. The van der Waals surface area contributed by atoms with Crippen LogP contribution in [0.4, 0.5) is 5.69 Å². The maximum Gasteiger partial charge on any atom is 0.290 e. The lowest BCUT2D eigenvalue weighted by molar-refractivity contribution is -0.684. The van der Waals surface area contributed by atoms with Crippen LogP contribution in [-0.2, 0) is 17.8 Å². The van der Waals surface area contributed by atoms with Gasteiger partial charge in [0.25, 0.3) is 5.91 Å². The number of pyridine rings is 1. The summed E-state index contributed by atoms with van der Waals surface area (Å²) in [7, 11) is 0. The van der Waals surface area contributed by atoms with E-state index < -0.39 is 0 Å². The average Bonchev–Trinajstić information content (AvgIpc) is 2.45. The molecule has 0 saturated carbocycles. The van der Waals surface area contributed by atoms with Crippen molar-refractivity contribution in [3.8, 4) is 0 Å². The van der Waals surface area contributed by atoms with E-state index in [-0.39, 0.29) is 5.91 Å². The number of nitrogens with one attached hydrogen (secondary N) is 1. The second-order valence-corrected chi connectivity index (χ2v) is 5.48. The van der Waals surface area contributed by atoms with E-state index >= 15 is 0 Å². The molecule has 0 radical (unpaired) electrons. The van der Waals surface area contributed by atoms with E-state index in [0.717, 1.165) is 18.5 Å². The van der Waals surface area contributed by atoms with Gasteiger partial charge in [-0.05, 0) is 49.1 Å². The van der Waals surface area contributed by atoms with Crippen molar-refractivity contribution in [2.45, 2.75) is 40.2 Å². The van der Waals surface area contributed by atoms with E-state index in [2.05, 4.69) is 31.3 Å². The summed E-state index contributed by atoms with van der Waals surface area (Å²) >= 11 is 0. The van der Waals surface area contributed by atoms with Gasteiger partial charge in [0, 0.05) is 17.8 Å². The molecule has 110 valence electrons. The molecule has 0 atom stereocenters. The Kier molecular flexibility index (Phi) is 5.09. The first-order valence-corrected chi connectivity index (χ1v) is 7.43. The molecule has 0 aliphatic rings. The Bertz CT molecular complexity index is 618. The number of rotatable bonds is 5. The maximum atomic E-state index is 12.1. The summed E-state index contributed by atoms with van der Waals surface area (Å²) in [6.45, 7) is 6.61. The molecule has 0 aliphatic heterocycles. The Morgan fingerprint density at radius 2 is 1.81 bits per heavy atom. The summed E-state index contributed by atoms with van der Waals surface area (Å²) in [4.78, 5) is 12.1. The molecular weight excluding hydrogens is 260 g/mol. The van der Waals surface area contributed by atoms with Crippen LogP contribution in [-0.4, -0.2) is 5.91 Å². The predicted molar refractivity (Wildman–Crippen MR) is 85.2 cm³/mol. The van der Waals surface area contributed by atoms with Crippen LogP contribution in [0, 0.1) is 13.8 Å². The molecular formula is C18H23N2O+. The van der Waals surface area contributed by atoms with Crippen molar-refractivity contribution in [2.75, 3.05) is 5.32 Å². The molecule has 1 amide bonds. The van der Waals surface area contributed by atoms with E-state index in [4.69, 9.17) is 0 Å². The number of amides is 1. The van der Waals surface area contributed by atoms with Crippen molar-refractivity contribution in [3.63, 3.8) is 0 Å². The van der Waals surface area contributed by atoms with Gasteiger partial charge in [0.15, 0.2) is 12.4 Å². The fraction of sp³-hybridized carbons (Fsp3) is 0.333. The smallest absolute Gasteiger partial charge is 0.290 e. The van der Waals surface area contributed by atoms with E-state index in [9.17, 15) is 4.79 Å². The topological polar surface area (TPSA) is 33.0 Å². The number of hydrogen-bond donors (Lipinski definition) is 1. The molecule has 0 aliphatic carbocycles. The van der Waals surface area contributed by atoms with Crippen molar-refractivity contribution in [2.24, 2.45) is 0 Å². The molecule has 1 aromatic heterocycles. The number of nitrogens with zero attached hydrogens (tertiary/aromatic N) is 1. The first-order valence-electron chi connectivity index (χ1n) is 7.43. The lowest BCUT2D eigenvalue weighted by Crippen LogP contribution is -2.39. The monoisotopic (exact) mass is 283 g/mol. The Balaban J connectivity index is 1.96. The van der Waals surface area contributed by atoms with E-state index in [1.807, 2.05) is 42.1 Å². The van der Waals surface area contributed by atoms with Gasteiger partial charge in [0.05, 0.1) is 0 Å². The summed E-state index contributed by atoms with van der Waals surface area (Å²) in [5.41, 5.74) is 4.58. The molecule has 0 fully saturated rings. The van der Waals surface area contributed by atoms with Gasteiger partial charge >= 0.3 is 0 Å². The second kappa shape index (κ2) is 7.02. The SMILES string of the molecule is CCCc1cc[n+](CC(=O)Nc2ccc(C)c(C)c2)cc1. The zero-order valence-corrected chi connectivity index (χ0v) is 13.0. The average molecular weight is 283 g/mol. The van der Waals surface area contributed by atoms with Gasteiger partial charge in [-0.2, -0.15) is 4.57 Å². The number of benzene rings is 1. The van der Waals surface area contributed by atoms with Gasteiger partial charge in [-0.1, -0.05) is 19.4 Å². The van der Waals surface area contributed by atoms with Crippen molar-refractivity contribution in [3.05, 3.63) is 59.4 Å². The first kappa shape index (κ1) is 15.2. The Morgan fingerprint density at radius 3 is 2.43 bits per heavy atom. The van der Waals surface area contributed by atoms with Gasteiger partial charge in [0.1, 0.15) is 0 Å². The van der Waals surface area contributed by atoms with Crippen LogP contribution in [0.1, 0.15) is 30.0 Å².